The van der Waals surface area contributed by atoms with E-state index in [1.807, 2.05) is 46.8 Å². The molecule has 0 saturated heterocycles. The van der Waals surface area contributed by atoms with Crippen molar-refractivity contribution in [3.63, 3.8) is 0 Å². The molecule has 2 aromatic rings. The molecule has 0 aliphatic rings. The molecular formula is C26H34N2O. The Morgan fingerprint density at radius 3 is 1.31 bits per heavy atom. The van der Waals surface area contributed by atoms with Crippen LogP contribution < -0.4 is 0 Å². The first-order valence-corrected chi connectivity index (χ1v) is 10.2. The number of nitrogens with zero attached hydrogens (tertiary/aromatic N) is 2. The molecule has 0 atom stereocenters. The Morgan fingerprint density at radius 1 is 0.724 bits per heavy atom. The zero-order valence-electron chi connectivity index (χ0n) is 19.3. The van der Waals surface area contributed by atoms with Gasteiger partial charge in [0, 0.05) is 16.8 Å². The van der Waals surface area contributed by atoms with Crippen molar-refractivity contribution in [2.24, 2.45) is 21.3 Å². The molecule has 0 aliphatic heterocycles. The smallest absolute Gasteiger partial charge is 0.152 e. The molecule has 29 heavy (non-hydrogen) atoms. The summed E-state index contributed by atoms with van der Waals surface area (Å²) in [4.78, 5) is 23.2. The molecule has 0 unspecified atom stereocenters. The Bertz CT molecular complexity index is 867. The summed E-state index contributed by atoms with van der Waals surface area (Å²) in [6.45, 7) is 18.0. The van der Waals surface area contributed by atoms with Crippen LogP contribution in [0.3, 0.4) is 0 Å². The standard InChI is InChI=1S/C26H34N2O/c1-16-12-10-13-17(2)23(16)27-20(5)22(25(29)26(7,8)9)21(6)28-24-18(3)14-11-15-19(24)4/h10-15,22H,1-9H3. The zero-order chi connectivity index (χ0) is 21.9. The minimum absolute atomic E-state index is 0.137. The van der Waals surface area contributed by atoms with E-state index in [0.29, 0.717) is 0 Å². The molecule has 0 amide bonds. The van der Waals surface area contributed by atoms with E-state index < -0.39 is 11.3 Å². The number of hydrogen-bond donors (Lipinski definition) is 0. The molecule has 0 aliphatic carbocycles. The van der Waals surface area contributed by atoms with Crippen LogP contribution in [0.15, 0.2) is 46.4 Å². The van der Waals surface area contributed by atoms with Gasteiger partial charge >= 0.3 is 0 Å². The third-order valence-electron chi connectivity index (χ3n) is 5.29. The molecule has 0 bridgehead atoms. The van der Waals surface area contributed by atoms with Gasteiger partial charge in [0.1, 0.15) is 0 Å². The lowest BCUT2D eigenvalue weighted by molar-refractivity contribution is -0.126. The molecule has 0 saturated carbocycles. The van der Waals surface area contributed by atoms with Gasteiger partial charge in [-0.2, -0.15) is 0 Å². The van der Waals surface area contributed by atoms with Gasteiger partial charge in [0.2, 0.25) is 0 Å². The predicted molar refractivity (Wildman–Crippen MR) is 125 cm³/mol. The van der Waals surface area contributed by atoms with Crippen molar-refractivity contribution in [1.29, 1.82) is 0 Å². The highest BCUT2D eigenvalue weighted by Gasteiger charge is 2.33. The van der Waals surface area contributed by atoms with E-state index in [0.717, 1.165) is 45.1 Å². The van der Waals surface area contributed by atoms with Gasteiger partial charge in [0.25, 0.3) is 0 Å². The fourth-order valence-corrected chi connectivity index (χ4v) is 3.56. The number of carbonyl (C=O) groups is 1. The van der Waals surface area contributed by atoms with E-state index >= 15 is 0 Å². The SMILES string of the molecule is CC(=Nc1c(C)cccc1C)C(C(=O)C(C)(C)C)C(C)=Nc1c(C)cccc1C. The predicted octanol–water partition coefficient (Wildman–Crippen LogP) is 7.04. The molecule has 0 spiro atoms. The van der Waals surface area contributed by atoms with Crippen LogP contribution in [0, 0.1) is 39.0 Å². The van der Waals surface area contributed by atoms with Gasteiger partial charge in [-0.3, -0.25) is 14.8 Å². The third kappa shape index (κ3) is 5.29. The second-order valence-corrected chi connectivity index (χ2v) is 9.03. The fourth-order valence-electron chi connectivity index (χ4n) is 3.56. The van der Waals surface area contributed by atoms with Crippen molar-refractivity contribution in [3.8, 4) is 0 Å². The van der Waals surface area contributed by atoms with Crippen LogP contribution in [0.1, 0.15) is 56.9 Å². The van der Waals surface area contributed by atoms with Crippen molar-refractivity contribution < 1.29 is 4.79 Å². The number of benzene rings is 2. The molecule has 3 nitrogen and oxygen atoms in total. The maximum atomic E-state index is 13.4. The highest BCUT2D eigenvalue weighted by molar-refractivity contribution is 6.23. The molecule has 0 radical (unpaired) electrons. The first-order valence-electron chi connectivity index (χ1n) is 10.2. The van der Waals surface area contributed by atoms with Gasteiger partial charge in [-0.25, -0.2) is 0 Å². The number of aryl methyl sites for hydroxylation is 4. The minimum atomic E-state index is -0.486. The minimum Gasteiger partial charge on any atom is -0.298 e. The number of Topliss-reactive ketones (excluding diaryl/α,β-unsaturated/α-hetero) is 1. The Hall–Kier alpha value is -2.55. The van der Waals surface area contributed by atoms with Crippen LogP contribution in [-0.4, -0.2) is 17.2 Å². The number of para-hydroxylation sites is 2. The molecule has 2 rings (SSSR count). The first kappa shape index (κ1) is 22.7. The van der Waals surface area contributed by atoms with Crippen molar-refractivity contribution in [1.82, 2.24) is 0 Å². The van der Waals surface area contributed by atoms with Crippen molar-refractivity contribution in [2.45, 2.75) is 62.3 Å². The summed E-state index contributed by atoms with van der Waals surface area (Å²) in [5.41, 5.74) is 7.40. The maximum absolute atomic E-state index is 13.4. The molecule has 2 aromatic carbocycles. The summed E-state index contributed by atoms with van der Waals surface area (Å²) in [5.74, 6) is -0.314. The maximum Gasteiger partial charge on any atom is 0.152 e. The quantitative estimate of drug-likeness (QED) is 0.505. The molecule has 3 heteroatoms. The lowest BCUT2D eigenvalue weighted by atomic mass is 9.79. The number of ketones is 1. The molecule has 0 fully saturated rings. The molecule has 0 N–H and O–H groups in total. The largest absolute Gasteiger partial charge is 0.298 e. The van der Waals surface area contributed by atoms with Gasteiger partial charge in [-0.1, -0.05) is 57.2 Å². The summed E-state index contributed by atoms with van der Waals surface area (Å²) >= 11 is 0. The Kier molecular flexibility index (Phi) is 6.94. The van der Waals surface area contributed by atoms with Gasteiger partial charge in [-0.15, -0.1) is 0 Å². The van der Waals surface area contributed by atoms with Crippen molar-refractivity contribution in [3.05, 3.63) is 58.7 Å². The number of aliphatic imine (C=N–C) groups is 2. The second-order valence-electron chi connectivity index (χ2n) is 9.03. The van der Waals surface area contributed by atoms with Gasteiger partial charge < -0.3 is 0 Å². The van der Waals surface area contributed by atoms with Crippen molar-refractivity contribution >= 4 is 28.6 Å². The van der Waals surface area contributed by atoms with E-state index in [9.17, 15) is 4.79 Å². The van der Waals surface area contributed by atoms with Crippen LogP contribution in [0.5, 0.6) is 0 Å². The number of rotatable bonds is 5. The van der Waals surface area contributed by atoms with Crippen LogP contribution in [0.2, 0.25) is 0 Å². The van der Waals surface area contributed by atoms with E-state index in [4.69, 9.17) is 9.98 Å². The normalized spacial score (nSPS) is 14.1. The molecular weight excluding hydrogens is 356 g/mol. The van der Waals surface area contributed by atoms with Gasteiger partial charge in [0.05, 0.1) is 17.3 Å². The Morgan fingerprint density at radius 2 is 1.03 bits per heavy atom. The summed E-state index contributed by atoms with van der Waals surface area (Å²) in [5, 5.41) is 0. The summed E-state index contributed by atoms with van der Waals surface area (Å²) in [6.07, 6.45) is 0. The molecule has 0 aromatic heterocycles. The van der Waals surface area contributed by atoms with E-state index in [2.05, 4.69) is 52.0 Å². The summed E-state index contributed by atoms with van der Waals surface area (Å²) in [6, 6.07) is 12.3. The van der Waals surface area contributed by atoms with E-state index in [1.165, 1.54) is 0 Å². The van der Waals surface area contributed by atoms with Gasteiger partial charge in [0.15, 0.2) is 5.78 Å². The zero-order valence-corrected chi connectivity index (χ0v) is 19.3. The number of carbonyl (C=O) groups excluding carboxylic acids is 1. The lowest BCUT2D eigenvalue weighted by Crippen LogP contribution is -2.37. The summed E-state index contributed by atoms with van der Waals surface area (Å²) < 4.78 is 0. The van der Waals surface area contributed by atoms with Crippen LogP contribution in [0.4, 0.5) is 11.4 Å². The van der Waals surface area contributed by atoms with Crippen LogP contribution in [0.25, 0.3) is 0 Å². The molecule has 154 valence electrons. The highest BCUT2D eigenvalue weighted by Crippen LogP contribution is 2.30. The Labute approximate surface area is 176 Å². The van der Waals surface area contributed by atoms with Crippen molar-refractivity contribution in [2.75, 3.05) is 0 Å². The van der Waals surface area contributed by atoms with E-state index in [1.54, 1.807) is 0 Å². The molecule has 0 heterocycles. The van der Waals surface area contributed by atoms with Crippen LogP contribution >= 0.6 is 0 Å². The monoisotopic (exact) mass is 390 g/mol. The topological polar surface area (TPSA) is 41.8 Å². The second kappa shape index (κ2) is 8.86. The Balaban J connectivity index is 2.63. The van der Waals surface area contributed by atoms with Gasteiger partial charge in [-0.05, 0) is 63.8 Å². The van der Waals surface area contributed by atoms with E-state index in [-0.39, 0.29) is 5.78 Å². The van der Waals surface area contributed by atoms with Crippen LogP contribution in [-0.2, 0) is 4.79 Å². The fraction of sp³-hybridized carbons (Fsp3) is 0.423. The average molecular weight is 391 g/mol. The lowest BCUT2D eigenvalue weighted by Gasteiger charge is -2.25. The average Bonchev–Trinajstić information content (AvgIpc) is 2.61. The number of hydrogen-bond acceptors (Lipinski definition) is 3. The third-order valence-corrected chi connectivity index (χ3v) is 5.29. The first-order chi connectivity index (χ1) is 13.4. The summed E-state index contributed by atoms with van der Waals surface area (Å²) in [7, 11) is 0. The highest BCUT2D eigenvalue weighted by atomic mass is 16.1.